The summed E-state index contributed by atoms with van der Waals surface area (Å²) in [5.41, 5.74) is 2.93. The Kier molecular flexibility index (Phi) is 8.60. The normalized spacial score (nSPS) is 25.1. The standard InChI is InChI=1S/C27H30O6/c28-24-23(19-30-16-20-10-4-1-5-11-20)33-27(29)26(32-18-22-14-8-3-9-15-22)25(24)31-17-21-12-6-2-7-13-21/h1-15,23-29H,16-19H2/t23?,24-,25-,26?,27+/m0/s1. The second-order valence-electron chi connectivity index (χ2n) is 8.08. The third-order valence-electron chi connectivity index (χ3n) is 5.60. The van der Waals surface area contributed by atoms with Crippen LogP contribution in [0.4, 0.5) is 0 Å². The number of hydrogen-bond acceptors (Lipinski definition) is 6. The summed E-state index contributed by atoms with van der Waals surface area (Å²) < 4.78 is 23.5. The predicted molar refractivity (Wildman–Crippen MR) is 123 cm³/mol. The minimum absolute atomic E-state index is 0.115. The fourth-order valence-corrected chi connectivity index (χ4v) is 3.81. The molecule has 2 N–H and O–H groups in total. The van der Waals surface area contributed by atoms with E-state index in [0.29, 0.717) is 6.61 Å². The molecule has 1 aliphatic rings. The molecule has 0 saturated carbocycles. The van der Waals surface area contributed by atoms with Crippen molar-refractivity contribution < 1.29 is 29.2 Å². The smallest absolute Gasteiger partial charge is 0.184 e. The Morgan fingerprint density at radius 3 is 1.58 bits per heavy atom. The van der Waals surface area contributed by atoms with Gasteiger partial charge in [0.15, 0.2) is 6.29 Å². The fraction of sp³-hybridized carbons (Fsp3) is 0.333. The largest absolute Gasteiger partial charge is 0.387 e. The molecule has 0 radical (unpaired) electrons. The lowest BCUT2D eigenvalue weighted by atomic mass is 9.98. The third-order valence-corrected chi connectivity index (χ3v) is 5.60. The highest BCUT2D eigenvalue weighted by atomic mass is 16.7. The Bertz CT molecular complexity index is 937. The van der Waals surface area contributed by atoms with E-state index in [2.05, 4.69) is 0 Å². The first-order valence-electron chi connectivity index (χ1n) is 11.1. The maximum absolute atomic E-state index is 11.1. The fourth-order valence-electron chi connectivity index (χ4n) is 3.81. The molecule has 33 heavy (non-hydrogen) atoms. The minimum atomic E-state index is -1.26. The monoisotopic (exact) mass is 450 g/mol. The van der Waals surface area contributed by atoms with Gasteiger partial charge in [-0.1, -0.05) is 91.0 Å². The Labute approximate surface area is 194 Å². The van der Waals surface area contributed by atoms with Gasteiger partial charge in [0, 0.05) is 0 Å². The number of rotatable bonds is 10. The summed E-state index contributed by atoms with van der Waals surface area (Å²) in [6, 6.07) is 29.1. The van der Waals surface area contributed by atoms with Gasteiger partial charge in [0.1, 0.15) is 24.4 Å². The first kappa shape index (κ1) is 23.6. The van der Waals surface area contributed by atoms with Crippen LogP contribution in [0.1, 0.15) is 16.7 Å². The molecule has 3 aromatic rings. The van der Waals surface area contributed by atoms with Crippen molar-refractivity contribution in [2.75, 3.05) is 6.61 Å². The van der Waals surface area contributed by atoms with Crippen LogP contribution in [0.5, 0.6) is 0 Å². The van der Waals surface area contributed by atoms with Gasteiger partial charge in [0.2, 0.25) is 0 Å². The second kappa shape index (κ2) is 12.0. The average Bonchev–Trinajstić information content (AvgIpc) is 2.86. The summed E-state index contributed by atoms with van der Waals surface area (Å²) in [5.74, 6) is 0. The van der Waals surface area contributed by atoms with Crippen LogP contribution in [-0.2, 0) is 38.8 Å². The number of ether oxygens (including phenoxy) is 4. The van der Waals surface area contributed by atoms with E-state index in [9.17, 15) is 10.2 Å². The number of hydrogen-bond donors (Lipinski definition) is 2. The van der Waals surface area contributed by atoms with Crippen LogP contribution in [0.3, 0.4) is 0 Å². The summed E-state index contributed by atoms with van der Waals surface area (Å²) in [4.78, 5) is 0. The zero-order valence-corrected chi connectivity index (χ0v) is 18.4. The molecule has 0 aromatic heterocycles. The maximum Gasteiger partial charge on any atom is 0.184 e. The van der Waals surface area contributed by atoms with Crippen molar-refractivity contribution in [2.24, 2.45) is 0 Å². The molecule has 0 bridgehead atoms. The van der Waals surface area contributed by atoms with Crippen LogP contribution in [0.25, 0.3) is 0 Å². The molecule has 1 aliphatic heterocycles. The Morgan fingerprint density at radius 1 is 0.606 bits per heavy atom. The van der Waals surface area contributed by atoms with Crippen LogP contribution >= 0.6 is 0 Å². The molecular formula is C27H30O6. The van der Waals surface area contributed by atoms with E-state index in [4.69, 9.17) is 18.9 Å². The van der Waals surface area contributed by atoms with Gasteiger partial charge in [0.05, 0.1) is 26.4 Å². The molecule has 0 spiro atoms. The highest BCUT2D eigenvalue weighted by Crippen LogP contribution is 2.27. The highest BCUT2D eigenvalue weighted by Gasteiger charge is 2.46. The van der Waals surface area contributed by atoms with Gasteiger partial charge in [-0.25, -0.2) is 0 Å². The van der Waals surface area contributed by atoms with Gasteiger partial charge < -0.3 is 29.2 Å². The Balaban J connectivity index is 1.41. The number of aliphatic hydroxyl groups excluding tert-OH is 2. The first-order chi connectivity index (χ1) is 16.2. The van der Waals surface area contributed by atoms with E-state index in [-0.39, 0.29) is 19.8 Å². The summed E-state index contributed by atoms with van der Waals surface area (Å²) in [5, 5.41) is 21.8. The van der Waals surface area contributed by atoms with E-state index in [0.717, 1.165) is 16.7 Å². The number of aliphatic hydroxyl groups is 2. The zero-order valence-electron chi connectivity index (χ0n) is 18.4. The van der Waals surface area contributed by atoms with Crippen LogP contribution < -0.4 is 0 Å². The van der Waals surface area contributed by atoms with Crippen molar-refractivity contribution in [1.29, 1.82) is 0 Å². The molecule has 5 atom stereocenters. The zero-order chi connectivity index (χ0) is 22.9. The van der Waals surface area contributed by atoms with Gasteiger partial charge in [0.25, 0.3) is 0 Å². The molecule has 6 nitrogen and oxygen atoms in total. The first-order valence-corrected chi connectivity index (χ1v) is 11.1. The third kappa shape index (κ3) is 6.71. The van der Waals surface area contributed by atoms with Crippen LogP contribution in [0.2, 0.25) is 0 Å². The maximum atomic E-state index is 11.1. The van der Waals surface area contributed by atoms with Crippen molar-refractivity contribution >= 4 is 0 Å². The minimum Gasteiger partial charge on any atom is -0.387 e. The summed E-state index contributed by atoms with van der Waals surface area (Å²) in [6.45, 7) is 1.04. The topological polar surface area (TPSA) is 77.4 Å². The van der Waals surface area contributed by atoms with Gasteiger partial charge >= 0.3 is 0 Å². The molecule has 1 heterocycles. The summed E-state index contributed by atoms with van der Waals surface area (Å²) in [6.07, 6.45) is -4.68. The van der Waals surface area contributed by atoms with E-state index >= 15 is 0 Å². The molecule has 2 unspecified atom stereocenters. The lowest BCUT2D eigenvalue weighted by molar-refractivity contribution is -0.309. The Morgan fingerprint density at radius 2 is 1.06 bits per heavy atom. The quantitative estimate of drug-likeness (QED) is 0.493. The van der Waals surface area contributed by atoms with Crippen LogP contribution in [0.15, 0.2) is 91.0 Å². The van der Waals surface area contributed by atoms with Gasteiger partial charge in [-0.05, 0) is 16.7 Å². The predicted octanol–water partition coefficient (Wildman–Crippen LogP) is 3.45. The van der Waals surface area contributed by atoms with Gasteiger partial charge in [-0.2, -0.15) is 0 Å². The lowest BCUT2D eigenvalue weighted by Crippen LogP contribution is -2.60. The van der Waals surface area contributed by atoms with Crippen molar-refractivity contribution in [2.45, 2.75) is 50.5 Å². The van der Waals surface area contributed by atoms with Gasteiger partial charge in [-0.3, -0.25) is 0 Å². The van der Waals surface area contributed by atoms with E-state index in [1.807, 2.05) is 91.0 Å². The van der Waals surface area contributed by atoms with Crippen molar-refractivity contribution in [3.8, 4) is 0 Å². The molecule has 1 saturated heterocycles. The van der Waals surface area contributed by atoms with E-state index in [1.54, 1.807) is 0 Å². The van der Waals surface area contributed by atoms with Crippen molar-refractivity contribution in [3.05, 3.63) is 108 Å². The second-order valence-corrected chi connectivity index (χ2v) is 8.08. The average molecular weight is 451 g/mol. The molecule has 1 fully saturated rings. The summed E-state index contributed by atoms with van der Waals surface area (Å²) >= 11 is 0. The molecular weight excluding hydrogens is 420 g/mol. The molecule has 3 aromatic carbocycles. The number of benzene rings is 3. The highest BCUT2D eigenvalue weighted by molar-refractivity contribution is 5.15. The van der Waals surface area contributed by atoms with Crippen molar-refractivity contribution in [3.63, 3.8) is 0 Å². The van der Waals surface area contributed by atoms with E-state index < -0.39 is 30.7 Å². The molecule has 4 rings (SSSR count). The summed E-state index contributed by atoms with van der Waals surface area (Å²) in [7, 11) is 0. The molecule has 0 aliphatic carbocycles. The Hall–Kier alpha value is -2.58. The molecule has 174 valence electrons. The van der Waals surface area contributed by atoms with Crippen molar-refractivity contribution in [1.82, 2.24) is 0 Å². The van der Waals surface area contributed by atoms with Crippen LogP contribution in [0, 0.1) is 0 Å². The van der Waals surface area contributed by atoms with Gasteiger partial charge in [-0.15, -0.1) is 0 Å². The van der Waals surface area contributed by atoms with E-state index in [1.165, 1.54) is 0 Å². The lowest BCUT2D eigenvalue weighted by Gasteiger charge is -2.42. The van der Waals surface area contributed by atoms with Crippen LogP contribution in [-0.4, -0.2) is 47.5 Å². The molecule has 6 heteroatoms. The molecule has 0 amide bonds. The SMILES string of the molecule is O[C@@H]1OC(COCc2ccccc2)[C@H](O)[C@H](OCc2ccccc2)C1OCc1ccccc1.